The maximum absolute atomic E-state index is 13.5. The number of hydrogen-bond donors (Lipinski definition) is 1. The summed E-state index contributed by atoms with van der Waals surface area (Å²) in [6, 6.07) is 28.0. The number of carbonyl (C=O) groups excluding carboxylic acids is 1. The number of aliphatic hydroxyl groups is 1. The average Bonchev–Trinajstić information content (AvgIpc) is 2.84. The summed E-state index contributed by atoms with van der Waals surface area (Å²) in [7, 11) is 1.60. The van der Waals surface area contributed by atoms with E-state index in [-0.39, 0.29) is 16.9 Å². The Morgan fingerprint density at radius 2 is 1.58 bits per heavy atom. The van der Waals surface area contributed by atoms with Gasteiger partial charge in [-0.25, -0.2) is 0 Å². The minimum Gasteiger partial charge on any atom is -0.507 e. The van der Waals surface area contributed by atoms with E-state index in [2.05, 4.69) is 6.07 Å². The van der Waals surface area contributed by atoms with Gasteiger partial charge in [0.15, 0.2) is 0 Å². The van der Waals surface area contributed by atoms with E-state index in [1.807, 2.05) is 60.7 Å². The van der Waals surface area contributed by atoms with Crippen LogP contribution in [0.1, 0.15) is 29.0 Å². The number of carbonyl (C=O) groups is 1. The Bertz CT molecular complexity index is 1200. The monoisotopic (exact) mass is 407 g/mol. The molecule has 4 rings (SSSR count). The number of aliphatic hydroxyl groups excluding tert-OH is 1. The zero-order chi connectivity index (χ0) is 21.8. The smallest absolute Gasteiger partial charge is 0.204 e. The number of benzene rings is 3. The molecular weight excluding hydrogens is 386 g/mol. The zero-order valence-corrected chi connectivity index (χ0v) is 17.1. The van der Waals surface area contributed by atoms with E-state index in [1.54, 1.807) is 31.4 Å². The summed E-state index contributed by atoms with van der Waals surface area (Å²) >= 11 is 0. The van der Waals surface area contributed by atoms with Crippen molar-refractivity contribution in [3.63, 3.8) is 0 Å². The van der Waals surface area contributed by atoms with Crippen LogP contribution < -0.4 is 4.74 Å². The summed E-state index contributed by atoms with van der Waals surface area (Å²) in [5, 5.41) is 21.0. The van der Waals surface area contributed by atoms with Crippen LogP contribution in [0.3, 0.4) is 0 Å². The number of allylic oxidation sites excluding steroid dienone is 3. The average molecular weight is 407 g/mol. The van der Waals surface area contributed by atoms with Crippen molar-refractivity contribution in [3.8, 4) is 11.8 Å². The topological polar surface area (TPSA) is 70.3 Å². The molecule has 3 aromatic rings. The molecule has 3 aromatic carbocycles. The third-order valence-electron chi connectivity index (χ3n) is 5.58. The standard InChI is InChI=1S/C27H21NO3/c1-31-21-14-12-19(13-15-21)23-16-22(18-8-4-2-5-9-18)24(17-28)27(30)25(23)26(29)20-10-6-3-7-11-20/h2-15,23,29H,16H2,1H3/t23-/m0/s1. The summed E-state index contributed by atoms with van der Waals surface area (Å²) in [5.74, 6) is -0.216. The summed E-state index contributed by atoms with van der Waals surface area (Å²) < 4.78 is 5.27. The molecule has 0 aromatic heterocycles. The Morgan fingerprint density at radius 1 is 0.968 bits per heavy atom. The molecule has 0 amide bonds. The van der Waals surface area contributed by atoms with Crippen LogP contribution in [0.25, 0.3) is 11.3 Å². The molecule has 0 bridgehead atoms. The molecule has 4 nitrogen and oxygen atoms in total. The second kappa shape index (κ2) is 8.73. The Balaban J connectivity index is 1.93. The molecule has 0 aliphatic heterocycles. The fraction of sp³-hybridized carbons (Fsp3) is 0.111. The van der Waals surface area contributed by atoms with Gasteiger partial charge in [-0.15, -0.1) is 0 Å². The lowest BCUT2D eigenvalue weighted by Gasteiger charge is -2.28. The SMILES string of the molecule is COc1ccc([C@@H]2CC(c3ccccc3)=C(C#N)C(=O)C2=C(O)c2ccccc2)cc1. The third-order valence-corrected chi connectivity index (χ3v) is 5.58. The van der Waals surface area contributed by atoms with E-state index in [0.29, 0.717) is 23.3 Å². The van der Waals surface area contributed by atoms with Crippen LogP contribution in [-0.2, 0) is 4.79 Å². The number of methoxy groups -OCH3 is 1. The predicted octanol–water partition coefficient (Wildman–Crippen LogP) is 5.70. The molecule has 0 spiro atoms. The lowest BCUT2D eigenvalue weighted by Crippen LogP contribution is -2.22. The van der Waals surface area contributed by atoms with Crippen LogP contribution in [0.15, 0.2) is 96.1 Å². The van der Waals surface area contributed by atoms with Crippen molar-refractivity contribution in [1.82, 2.24) is 0 Å². The van der Waals surface area contributed by atoms with Gasteiger partial charge in [-0.1, -0.05) is 72.8 Å². The van der Waals surface area contributed by atoms with Crippen molar-refractivity contribution in [2.45, 2.75) is 12.3 Å². The highest BCUT2D eigenvalue weighted by molar-refractivity contribution is 6.20. The lowest BCUT2D eigenvalue weighted by molar-refractivity contribution is -0.112. The first kappa shape index (κ1) is 20.2. The quantitative estimate of drug-likeness (QED) is 0.445. The highest BCUT2D eigenvalue weighted by atomic mass is 16.5. The number of Topliss-reactive ketones (excluding diaryl/α,β-unsaturated/α-hetero) is 1. The van der Waals surface area contributed by atoms with Gasteiger partial charge in [-0.3, -0.25) is 4.79 Å². The third kappa shape index (κ3) is 3.86. The highest BCUT2D eigenvalue weighted by Gasteiger charge is 2.36. The summed E-state index contributed by atoms with van der Waals surface area (Å²) in [6.07, 6.45) is 0.428. The summed E-state index contributed by atoms with van der Waals surface area (Å²) in [4.78, 5) is 13.5. The summed E-state index contributed by atoms with van der Waals surface area (Å²) in [6.45, 7) is 0. The number of ketones is 1. The Morgan fingerprint density at radius 3 is 2.16 bits per heavy atom. The number of nitriles is 1. The molecule has 0 radical (unpaired) electrons. The zero-order valence-electron chi connectivity index (χ0n) is 17.1. The van der Waals surface area contributed by atoms with Crippen molar-refractivity contribution < 1.29 is 14.6 Å². The van der Waals surface area contributed by atoms with E-state index in [1.165, 1.54) is 0 Å². The first-order chi connectivity index (χ1) is 15.1. The molecule has 1 N–H and O–H groups in total. The normalized spacial score (nSPS) is 17.8. The first-order valence-corrected chi connectivity index (χ1v) is 10.00. The number of hydrogen-bond acceptors (Lipinski definition) is 4. The molecule has 0 fully saturated rings. The van der Waals surface area contributed by atoms with Gasteiger partial charge in [0.05, 0.1) is 12.7 Å². The van der Waals surface area contributed by atoms with Crippen molar-refractivity contribution >= 4 is 17.1 Å². The maximum Gasteiger partial charge on any atom is 0.204 e. The predicted molar refractivity (Wildman–Crippen MR) is 120 cm³/mol. The van der Waals surface area contributed by atoms with Crippen LogP contribution in [0.4, 0.5) is 0 Å². The van der Waals surface area contributed by atoms with Crippen molar-refractivity contribution in [2.75, 3.05) is 7.11 Å². The van der Waals surface area contributed by atoms with Crippen molar-refractivity contribution in [2.24, 2.45) is 0 Å². The fourth-order valence-electron chi connectivity index (χ4n) is 4.00. The Labute approximate surface area is 181 Å². The van der Waals surface area contributed by atoms with Gasteiger partial charge in [-0.05, 0) is 35.3 Å². The molecule has 152 valence electrons. The highest BCUT2D eigenvalue weighted by Crippen LogP contribution is 2.44. The van der Waals surface area contributed by atoms with Crippen molar-refractivity contribution in [3.05, 3.63) is 113 Å². The molecular formula is C27H21NO3. The molecule has 1 atom stereocenters. The van der Waals surface area contributed by atoms with E-state index < -0.39 is 11.7 Å². The van der Waals surface area contributed by atoms with E-state index in [0.717, 1.165) is 11.1 Å². The van der Waals surface area contributed by atoms with Crippen LogP contribution in [0.2, 0.25) is 0 Å². The second-order valence-electron chi connectivity index (χ2n) is 7.32. The number of nitrogens with zero attached hydrogens (tertiary/aromatic N) is 1. The molecule has 0 heterocycles. The van der Waals surface area contributed by atoms with Crippen LogP contribution in [0.5, 0.6) is 5.75 Å². The van der Waals surface area contributed by atoms with E-state index in [9.17, 15) is 15.2 Å². The second-order valence-corrected chi connectivity index (χ2v) is 7.32. The Kier molecular flexibility index (Phi) is 5.68. The van der Waals surface area contributed by atoms with E-state index in [4.69, 9.17) is 4.74 Å². The largest absolute Gasteiger partial charge is 0.507 e. The minimum absolute atomic E-state index is 0.0773. The number of ether oxygens (including phenoxy) is 1. The van der Waals surface area contributed by atoms with Gasteiger partial charge in [0.25, 0.3) is 0 Å². The van der Waals surface area contributed by atoms with Gasteiger partial charge in [0, 0.05) is 11.5 Å². The van der Waals surface area contributed by atoms with Gasteiger partial charge in [-0.2, -0.15) is 5.26 Å². The van der Waals surface area contributed by atoms with Crippen LogP contribution in [0, 0.1) is 11.3 Å². The molecule has 4 heteroatoms. The fourth-order valence-corrected chi connectivity index (χ4v) is 4.00. The molecule has 1 aliphatic rings. The lowest BCUT2D eigenvalue weighted by atomic mass is 9.73. The van der Waals surface area contributed by atoms with Crippen LogP contribution >= 0.6 is 0 Å². The molecule has 0 saturated heterocycles. The minimum atomic E-state index is -0.435. The van der Waals surface area contributed by atoms with Gasteiger partial charge >= 0.3 is 0 Å². The van der Waals surface area contributed by atoms with Gasteiger partial charge in [0.1, 0.15) is 23.2 Å². The molecule has 31 heavy (non-hydrogen) atoms. The van der Waals surface area contributed by atoms with Gasteiger partial charge in [0.2, 0.25) is 5.78 Å². The maximum atomic E-state index is 13.5. The molecule has 0 unspecified atom stereocenters. The summed E-state index contributed by atoms with van der Waals surface area (Å²) in [5.41, 5.74) is 3.27. The first-order valence-electron chi connectivity index (χ1n) is 10.00. The van der Waals surface area contributed by atoms with E-state index >= 15 is 0 Å². The van der Waals surface area contributed by atoms with Gasteiger partial charge < -0.3 is 9.84 Å². The van der Waals surface area contributed by atoms with Crippen LogP contribution in [-0.4, -0.2) is 18.0 Å². The van der Waals surface area contributed by atoms with Crippen molar-refractivity contribution in [1.29, 1.82) is 5.26 Å². The molecule has 1 aliphatic carbocycles. The molecule has 0 saturated carbocycles. The number of rotatable bonds is 4. The Hall–Kier alpha value is -4.10.